The van der Waals surface area contributed by atoms with Crippen LogP contribution in [0.1, 0.15) is 20.3 Å². The van der Waals surface area contributed by atoms with Gasteiger partial charge in [-0.2, -0.15) is 0 Å². The Morgan fingerprint density at radius 1 is 1.50 bits per heavy atom. The van der Waals surface area contributed by atoms with E-state index in [2.05, 4.69) is 10.2 Å². The van der Waals surface area contributed by atoms with E-state index in [0.717, 1.165) is 19.6 Å². The lowest BCUT2D eigenvalue weighted by Crippen LogP contribution is -2.50. The molecule has 16 heavy (non-hydrogen) atoms. The van der Waals surface area contributed by atoms with E-state index in [1.54, 1.807) is 7.11 Å². The molecule has 0 rings (SSSR count). The molecular formula is C11H25N3O2. The van der Waals surface area contributed by atoms with Gasteiger partial charge in [0.1, 0.15) is 0 Å². The number of nitrogens with zero attached hydrogens (tertiary/aromatic N) is 1. The van der Waals surface area contributed by atoms with Gasteiger partial charge >= 0.3 is 0 Å². The van der Waals surface area contributed by atoms with E-state index >= 15 is 0 Å². The van der Waals surface area contributed by atoms with Crippen molar-refractivity contribution in [1.29, 1.82) is 0 Å². The van der Waals surface area contributed by atoms with Gasteiger partial charge in [0.05, 0.1) is 6.04 Å². The van der Waals surface area contributed by atoms with E-state index in [1.807, 2.05) is 20.9 Å². The van der Waals surface area contributed by atoms with Gasteiger partial charge in [0, 0.05) is 32.8 Å². The zero-order valence-corrected chi connectivity index (χ0v) is 10.8. The summed E-state index contributed by atoms with van der Waals surface area (Å²) in [5.41, 5.74) is 5.34. The topological polar surface area (TPSA) is 67.6 Å². The summed E-state index contributed by atoms with van der Waals surface area (Å²) in [7, 11) is 3.67. The smallest absolute Gasteiger partial charge is 0.235 e. The molecule has 0 aromatic carbocycles. The van der Waals surface area contributed by atoms with Crippen molar-refractivity contribution in [3.8, 4) is 0 Å². The fourth-order valence-electron chi connectivity index (χ4n) is 1.51. The number of hydrogen-bond donors (Lipinski definition) is 2. The fraction of sp³-hybridized carbons (Fsp3) is 0.909. The second-order valence-corrected chi connectivity index (χ2v) is 4.38. The molecular weight excluding hydrogens is 206 g/mol. The molecule has 1 unspecified atom stereocenters. The van der Waals surface area contributed by atoms with Crippen molar-refractivity contribution in [3.05, 3.63) is 0 Å². The molecule has 0 spiro atoms. The molecule has 0 bridgehead atoms. The van der Waals surface area contributed by atoms with Crippen molar-refractivity contribution in [3.63, 3.8) is 0 Å². The lowest BCUT2D eigenvalue weighted by atomic mass is 10.2. The molecule has 1 atom stereocenters. The summed E-state index contributed by atoms with van der Waals surface area (Å²) in [6.45, 7) is 6.28. The minimum atomic E-state index is -0.299. The Kier molecular flexibility index (Phi) is 8.15. The maximum absolute atomic E-state index is 11.2. The minimum absolute atomic E-state index is 0.255. The molecule has 0 aliphatic carbocycles. The summed E-state index contributed by atoms with van der Waals surface area (Å²) in [5.74, 6) is -0.299. The number of primary amides is 1. The second kappa shape index (κ2) is 8.50. The summed E-state index contributed by atoms with van der Waals surface area (Å²) in [4.78, 5) is 13.3. The molecule has 96 valence electrons. The quantitative estimate of drug-likeness (QED) is 0.540. The number of carbonyl (C=O) groups is 1. The van der Waals surface area contributed by atoms with Crippen molar-refractivity contribution >= 4 is 5.91 Å². The van der Waals surface area contributed by atoms with E-state index in [1.165, 1.54) is 0 Å². The molecule has 0 saturated carbocycles. The first kappa shape index (κ1) is 15.3. The SMILES string of the molecule is COCCCN(C)CC(NC(C)C)C(N)=O. The lowest BCUT2D eigenvalue weighted by Gasteiger charge is -2.24. The van der Waals surface area contributed by atoms with Gasteiger partial charge in [-0.05, 0) is 13.5 Å². The highest BCUT2D eigenvalue weighted by Gasteiger charge is 2.17. The first-order chi connectivity index (χ1) is 7.47. The Morgan fingerprint density at radius 3 is 2.56 bits per heavy atom. The Labute approximate surface area is 98.3 Å². The average Bonchev–Trinajstić information content (AvgIpc) is 2.16. The van der Waals surface area contributed by atoms with E-state index in [9.17, 15) is 4.79 Å². The number of likely N-dealkylation sites (N-methyl/N-ethyl adjacent to an activating group) is 1. The van der Waals surface area contributed by atoms with Crippen LogP contribution >= 0.6 is 0 Å². The Hall–Kier alpha value is -0.650. The van der Waals surface area contributed by atoms with Crippen molar-refractivity contribution in [1.82, 2.24) is 10.2 Å². The highest BCUT2D eigenvalue weighted by molar-refractivity contribution is 5.80. The van der Waals surface area contributed by atoms with Gasteiger partial charge in [-0.1, -0.05) is 13.8 Å². The maximum atomic E-state index is 11.2. The predicted molar refractivity (Wildman–Crippen MR) is 65.2 cm³/mol. The van der Waals surface area contributed by atoms with Crippen LogP contribution in [0.25, 0.3) is 0 Å². The minimum Gasteiger partial charge on any atom is -0.385 e. The van der Waals surface area contributed by atoms with Gasteiger partial charge in [-0.25, -0.2) is 0 Å². The third kappa shape index (κ3) is 7.62. The summed E-state index contributed by atoms with van der Waals surface area (Å²) in [6.07, 6.45) is 0.958. The van der Waals surface area contributed by atoms with Crippen LogP contribution in [0.5, 0.6) is 0 Å². The summed E-state index contributed by atoms with van der Waals surface area (Å²) in [6, 6.07) is -0.0302. The normalized spacial score (nSPS) is 13.4. The van der Waals surface area contributed by atoms with Crippen LogP contribution in [0.2, 0.25) is 0 Å². The van der Waals surface area contributed by atoms with Crippen LogP contribution in [0.3, 0.4) is 0 Å². The van der Waals surface area contributed by atoms with Gasteiger partial charge in [-0.15, -0.1) is 0 Å². The second-order valence-electron chi connectivity index (χ2n) is 4.38. The molecule has 0 saturated heterocycles. The zero-order valence-electron chi connectivity index (χ0n) is 10.8. The van der Waals surface area contributed by atoms with Crippen molar-refractivity contribution in [2.75, 3.05) is 33.9 Å². The first-order valence-electron chi connectivity index (χ1n) is 5.70. The predicted octanol–water partition coefficient (Wildman–Crippen LogP) is -0.193. The van der Waals surface area contributed by atoms with Gasteiger partial charge < -0.3 is 20.7 Å². The highest BCUT2D eigenvalue weighted by atomic mass is 16.5. The Bertz CT molecular complexity index is 198. The summed E-state index contributed by atoms with van der Waals surface area (Å²) >= 11 is 0. The van der Waals surface area contributed by atoms with Gasteiger partial charge in [-0.3, -0.25) is 4.79 Å². The Morgan fingerprint density at radius 2 is 2.12 bits per heavy atom. The summed E-state index contributed by atoms with van der Waals surface area (Å²) in [5, 5.41) is 3.15. The number of nitrogens with two attached hydrogens (primary N) is 1. The van der Waals surface area contributed by atoms with E-state index in [-0.39, 0.29) is 18.0 Å². The molecule has 0 heterocycles. The highest BCUT2D eigenvalue weighted by Crippen LogP contribution is 1.94. The first-order valence-corrected chi connectivity index (χ1v) is 5.70. The van der Waals surface area contributed by atoms with E-state index in [0.29, 0.717) is 6.54 Å². The molecule has 3 N–H and O–H groups in total. The zero-order chi connectivity index (χ0) is 12.6. The molecule has 1 amide bonds. The van der Waals surface area contributed by atoms with Crippen LogP contribution in [0, 0.1) is 0 Å². The molecule has 0 radical (unpaired) electrons. The van der Waals surface area contributed by atoms with Crippen LogP contribution in [0.4, 0.5) is 0 Å². The molecule has 0 aliphatic heterocycles. The number of ether oxygens (including phenoxy) is 1. The van der Waals surface area contributed by atoms with E-state index in [4.69, 9.17) is 10.5 Å². The van der Waals surface area contributed by atoms with Crippen LogP contribution in [-0.4, -0.2) is 56.7 Å². The van der Waals surface area contributed by atoms with Crippen LogP contribution in [-0.2, 0) is 9.53 Å². The Balaban J connectivity index is 3.93. The number of carbonyl (C=O) groups excluding carboxylic acids is 1. The number of nitrogens with one attached hydrogen (secondary N) is 1. The van der Waals surface area contributed by atoms with Crippen molar-refractivity contribution < 1.29 is 9.53 Å². The van der Waals surface area contributed by atoms with Crippen LogP contribution in [0.15, 0.2) is 0 Å². The molecule has 0 aromatic rings. The third-order valence-electron chi connectivity index (χ3n) is 2.26. The lowest BCUT2D eigenvalue weighted by molar-refractivity contribution is -0.120. The van der Waals surface area contributed by atoms with Gasteiger partial charge in [0.15, 0.2) is 0 Å². The number of methoxy groups -OCH3 is 1. The maximum Gasteiger partial charge on any atom is 0.235 e. The van der Waals surface area contributed by atoms with Gasteiger partial charge in [0.25, 0.3) is 0 Å². The van der Waals surface area contributed by atoms with Crippen LogP contribution < -0.4 is 11.1 Å². The summed E-state index contributed by atoms with van der Waals surface area (Å²) < 4.78 is 4.98. The number of rotatable bonds is 9. The molecule has 5 heteroatoms. The average molecular weight is 231 g/mol. The third-order valence-corrected chi connectivity index (χ3v) is 2.26. The monoisotopic (exact) mass is 231 g/mol. The fourth-order valence-corrected chi connectivity index (χ4v) is 1.51. The van der Waals surface area contributed by atoms with Crippen molar-refractivity contribution in [2.24, 2.45) is 5.73 Å². The number of amides is 1. The molecule has 0 aliphatic rings. The standard InChI is InChI=1S/C11H25N3O2/c1-9(2)13-10(11(12)15)8-14(3)6-5-7-16-4/h9-10,13H,5-8H2,1-4H3,(H2,12,15). The molecule has 0 aromatic heterocycles. The molecule has 5 nitrogen and oxygen atoms in total. The molecule has 0 fully saturated rings. The largest absolute Gasteiger partial charge is 0.385 e. The van der Waals surface area contributed by atoms with E-state index < -0.39 is 0 Å². The van der Waals surface area contributed by atoms with Gasteiger partial charge in [0.2, 0.25) is 5.91 Å². The number of hydrogen-bond acceptors (Lipinski definition) is 4. The van der Waals surface area contributed by atoms with Crippen molar-refractivity contribution in [2.45, 2.75) is 32.4 Å².